The molecule has 30 heavy (non-hydrogen) atoms. The Balaban J connectivity index is 1.33. The van der Waals surface area contributed by atoms with E-state index < -0.39 is 0 Å². The van der Waals surface area contributed by atoms with Crippen molar-refractivity contribution in [2.75, 3.05) is 0 Å². The number of carbonyl (C=O) groups excluding carboxylic acids is 1. The summed E-state index contributed by atoms with van der Waals surface area (Å²) in [7, 11) is 0. The molecule has 0 aliphatic heterocycles. The van der Waals surface area contributed by atoms with Gasteiger partial charge in [-0.05, 0) is 33.7 Å². The van der Waals surface area contributed by atoms with E-state index in [-0.39, 0.29) is 5.91 Å². The lowest BCUT2D eigenvalue weighted by Crippen LogP contribution is -2.18. The first-order chi connectivity index (χ1) is 14.8. The molecular weight excluding hydrogens is 372 g/mol. The highest BCUT2D eigenvalue weighted by atomic mass is 16.2. The third-order valence-corrected chi connectivity index (χ3v) is 5.06. The van der Waals surface area contributed by atoms with Crippen molar-refractivity contribution in [3.63, 3.8) is 0 Å². The van der Waals surface area contributed by atoms with Gasteiger partial charge in [-0.1, -0.05) is 78.9 Å². The molecule has 0 bridgehead atoms. The van der Waals surface area contributed by atoms with Gasteiger partial charge in [-0.15, -0.1) is 0 Å². The van der Waals surface area contributed by atoms with Crippen LogP contribution >= 0.6 is 0 Å². The fraction of sp³-hybridized carbons (Fsp3) is 0. The minimum Gasteiger partial charge on any atom is -0.272 e. The molecule has 5 heteroatoms. The molecule has 0 aliphatic rings. The zero-order chi connectivity index (χ0) is 20.3. The molecule has 4 aromatic carbocycles. The Kier molecular flexibility index (Phi) is 4.54. The van der Waals surface area contributed by atoms with Crippen LogP contribution in [0.25, 0.3) is 32.8 Å². The van der Waals surface area contributed by atoms with Crippen LogP contribution in [0.2, 0.25) is 0 Å². The van der Waals surface area contributed by atoms with Gasteiger partial charge < -0.3 is 0 Å². The molecule has 1 aromatic heterocycles. The molecule has 0 fully saturated rings. The van der Waals surface area contributed by atoms with Crippen LogP contribution in [0.1, 0.15) is 16.1 Å². The zero-order valence-corrected chi connectivity index (χ0v) is 16.0. The maximum atomic E-state index is 12.5. The minimum atomic E-state index is -0.342. The number of hydrogen-bond acceptors (Lipinski definition) is 3. The number of carbonyl (C=O) groups is 1. The van der Waals surface area contributed by atoms with E-state index >= 15 is 0 Å². The van der Waals surface area contributed by atoms with Crippen LogP contribution in [0.4, 0.5) is 0 Å². The van der Waals surface area contributed by atoms with Crippen LogP contribution in [-0.4, -0.2) is 22.3 Å². The summed E-state index contributed by atoms with van der Waals surface area (Å²) >= 11 is 0. The first-order valence-corrected chi connectivity index (χ1v) is 9.64. The Morgan fingerprint density at radius 1 is 0.833 bits per heavy atom. The largest absolute Gasteiger partial charge is 0.289 e. The average Bonchev–Trinajstić information content (AvgIpc) is 3.29. The monoisotopic (exact) mass is 390 g/mol. The molecule has 0 saturated heterocycles. The predicted molar refractivity (Wildman–Crippen MR) is 121 cm³/mol. The van der Waals surface area contributed by atoms with E-state index in [1.54, 1.807) is 12.3 Å². The number of rotatable bonds is 4. The van der Waals surface area contributed by atoms with E-state index in [1.165, 1.54) is 0 Å². The molecule has 0 spiro atoms. The fourth-order valence-corrected chi connectivity index (χ4v) is 3.52. The van der Waals surface area contributed by atoms with E-state index in [1.807, 2.05) is 66.7 Å². The number of fused-ring (bicyclic) bond motifs is 2. The van der Waals surface area contributed by atoms with Crippen molar-refractivity contribution >= 4 is 33.7 Å². The number of aromatic amines is 1. The van der Waals surface area contributed by atoms with E-state index in [0.29, 0.717) is 11.4 Å². The second-order valence-electron chi connectivity index (χ2n) is 7.00. The number of benzene rings is 4. The van der Waals surface area contributed by atoms with Crippen molar-refractivity contribution in [2.24, 2.45) is 5.10 Å². The second-order valence-corrected chi connectivity index (χ2v) is 7.00. The van der Waals surface area contributed by atoms with Crippen LogP contribution < -0.4 is 5.43 Å². The van der Waals surface area contributed by atoms with Crippen LogP contribution in [0.3, 0.4) is 0 Å². The van der Waals surface area contributed by atoms with Gasteiger partial charge in [-0.3, -0.25) is 9.89 Å². The SMILES string of the molecule is O=C(N/N=C\c1cccc2ccccc12)c1cc(-c2ccc3ccccc3c2)n[nH]1. The summed E-state index contributed by atoms with van der Waals surface area (Å²) in [5, 5.41) is 15.7. The van der Waals surface area contributed by atoms with Gasteiger partial charge >= 0.3 is 0 Å². The molecule has 5 nitrogen and oxygen atoms in total. The summed E-state index contributed by atoms with van der Waals surface area (Å²) in [6.45, 7) is 0. The van der Waals surface area contributed by atoms with Gasteiger partial charge in [-0.2, -0.15) is 10.2 Å². The molecule has 1 heterocycles. The summed E-state index contributed by atoms with van der Waals surface area (Å²) in [4.78, 5) is 12.5. The van der Waals surface area contributed by atoms with Gasteiger partial charge in [0, 0.05) is 11.1 Å². The molecule has 144 valence electrons. The van der Waals surface area contributed by atoms with Crippen LogP contribution in [0, 0.1) is 0 Å². The second kappa shape index (κ2) is 7.64. The highest BCUT2D eigenvalue weighted by Crippen LogP contribution is 2.23. The Bertz CT molecular complexity index is 1400. The number of amides is 1. The Morgan fingerprint density at radius 2 is 1.60 bits per heavy atom. The van der Waals surface area contributed by atoms with Crippen molar-refractivity contribution in [1.29, 1.82) is 0 Å². The summed E-state index contributed by atoms with van der Waals surface area (Å²) < 4.78 is 0. The lowest BCUT2D eigenvalue weighted by atomic mass is 10.1. The van der Waals surface area contributed by atoms with E-state index in [4.69, 9.17) is 0 Å². The van der Waals surface area contributed by atoms with Gasteiger partial charge in [-0.25, -0.2) is 5.43 Å². The standard InChI is InChI=1S/C25H18N4O/c30-25(29-26-16-21-10-5-9-18-7-3-4-11-22(18)21)24-15-23(27-28-24)20-13-12-17-6-1-2-8-19(17)14-20/h1-16H,(H,27,28)(H,29,30)/b26-16-. The molecule has 5 rings (SSSR count). The summed E-state index contributed by atoms with van der Waals surface area (Å²) in [6.07, 6.45) is 1.65. The molecule has 0 unspecified atom stereocenters. The molecule has 2 N–H and O–H groups in total. The molecule has 0 aliphatic carbocycles. The number of nitrogens with one attached hydrogen (secondary N) is 2. The molecule has 0 atom stereocenters. The highest BCUT2D eigenvalue weighted by molar-refractivity contribution is 6.00. The number of nitrogens with zero attached hydrogens (tertiary/aromatic N) is 2. The van der Waals surface area contributed by atoms with Crippen LogP contribution in [0.5, 0.6) is 0 Å². The number of H-pyrrole nitrogens is 1. The quantitative estimate of drug-likeness (QED) is 0.329. The summed E-state index contributed by atoms with van der Waals surface area (Å²) in [6, 6.07) is 30.0. The van der Waals surface area contributed by atoms with E-state index in [2.05, 4.69) is 38.9 Å². The summed E-state index contributed by atoms with van der Waals surface area (Å²) in [5.41, 5.74) is 5.52. The number of hydrogen-bond donors (Lipinski definition) is 2. The summed E-state index contributed by atoms with van der Waals surface area (Å²) in [5.74, 6) is -0.342. The maximum Gasteiger partial charge on any atom is 0.289 e. The normalized spacial score (nSPS) is 11.3. The number of hydrazone groups is 1. The highest BCUT2D eigenvalue weighted by Gasteiger charge is 2.11. The third-order valence-electron chi connectivity index (χ3n) is 5.06. The minimum absolute atomic E-state index is 0.342. The van der Waals surface area contributed by atoms with Gasteiger partial charge in [0.25, 0.3) is 5.91 Å². The molecule has 0 saturated carbocycles. The third kappa shape index (κ3) is 3.44. The molecule has 5 aromatic rings. The predicted octanol–water partition coefficient (Wildman–Crippen LogP) is 5.15. The Morgan fingerprint density at radius 3 is 2.50 bits per heavy atom. The lowest BCUT2D eigenvalue weighted by Gasteiger charge is -2.01. The number of aromatic nitrogens is 2. The van der Waals surface area contributed by atoms with Crippen molar-refractivity contribution < 1.29 is 4.79 Å². The lowest BCUT2D eigenvalue weighted by molar-refractivity contribution is 0.0950. The van der Waals surface area contributed by atoms with E-state index in [0.717, 1.165) is 32.7 Å². The maximum absolute atomic E-state index is 12.5. The first kappa shape index (κ1) is 17.8. The van der Waals surface area contributed by atoms with Gasteiger partial charge in [0.2, 0.25) is 0 Å². The Hall–Kier alpha value is -4.25. The van der Waals surface area contributed by atoms with Crippen molar-refractivity contribution in [3.8, 4) is 11.3 Å². The van der Waals surface area contributed by atoms with Gasteiger partial charge in [0.1, 0.15) is 5.69 Å². The van der Waals surface area contributed by atoms with Crippen molar-refractivity contribution in [1.82, 2.24) is 15.6 Å². The van der Waals surface area contributed by atoms with Crippen molar-refractivity contribution in [2.45, 2.75) is 0 Å². The van der Waals surface area contributed by atoms with Gasteiger partial charge in [0.05, 0.1) is 11.9 Å². The smallest absolute Gasteiger partial charge is 0.272 e. The van der Waals surface area contributed by atoms with Crippen molar-refractivity contribution in [3.05, 3.63) is 102 Å². The molecular formula is C25H18N4O. The molecule has 1 amide bonds. The van der Waals surface area contributed by atoms with E-state index in [9.17, 15) is 4.79 Å². The van der Waals surface area contributed by atoms with Crippen LogP contribution in [-0.2, 0) is 0 Å². The first-order valence-electron chi connectivity index (χ1n) is 9.64. The molecule has 0 radical (unpaired) electrons. The Labute approximate surface area is 173 Å². The zero-order valence-electron chi connectivity index (χ0n) is 16.0. The topological polar surface area (TPSA) is 70.1 Å². The average molecular weight is 390 g/mol. The fourth-order valence-electron chi connectivity index (χ4n) is 3.52. The van der Waals surface area contributed by atoms with Gasteiger partial charge in [0.15, 0.2) is 0 Å². The van der Waals surface area contributed by atoms with Crippen LogP contribution in [0.15, 0.2) is 96.1 Å².